The van der Waals surface area contributed by atoms with Gasteiger partial charge in [0.05, 0.1) is 16.9 Å². The van der Waals surface area contributed by atoms with Gasteiger partial charge in [-0.2, -0.15) is 0 Å². The molecule has 0 N–H and O–H groups in total. The third kappa shape index (κ3) is 1.94. The molecule has 0 radical (unpaired) electrons. The van der Waals surface area contributed by atoms with Gasteiger partial charge in [0.25, 0.3) is 0 Å². The largest absolute Gasteiger partial charge is 0.497 e. The number of hydrogen-bond donors (Lipinski definition) is 0. The summed E-state index contributed by atoms with van der Waals surface area (Å²) in [6.07, 6.45) is 0. The first-order valence-electron chi connectivity index (χ1n) is 5.44. The molecule has 2 nitrogen and oxygen atoms in total. The monoisotopic (exact) mass is 274 g/mol. The highest BCUT2D eigenvalue weighted by Gasteiger charge is 2.13. The lowest BCUT2D eigenvalue weighted by atomic mass is 10.2. The lowest BCUT2D eigenvalue weighted by molar-refractivity contribution is 0.104. The molecule has 0 bridgehead atoms. The average Bonchev–Trinajstić information content (AvgIpc) is 3.05. The second-order valence-electron chi connectivity index (χ2n) is 3.82. The van der Waals surface area contributed by atoms with Gasteiger partial charge in [0.2, 0.25) is 5.78 Å². The molecule has 0 amide bonds. The van der Waals surface area contributed by atoms with E-state index in [0.29, 0.717) is 0 Å². The molecule has 0 fully saturated rings. The smallest absolute Gasteiger partial charge is 0.212 e. The molecule has 0 spiro atoms. The topological polar surface area (TPSA) is 26.3 Å². The molecule has 18 heavy (non-hydrogen) atoms. The summed E-state index contributed by atoms with van der Waals surface area (Å²) in [5.74, 6) is 0.917. The fourth-order valence-electron chi connectivity index (χ4n) is 1.79. The molecule has 3 rings (SSSR count). The number of hydrogen-bond acceptors (Lipinski definition) is 4. The number of ketones is 1. The Morgan fingerprint density at radius 2 is 2.06 bits per heavy atom. The molecule has 1 aromatic carbocycles. The Hall–Kier alpha value is -1.65. The van der Waals surface area contributed by atoms with E-state index in [1.165, 1.54) is 22.7 Å². The van der Waals surface area contributed by atoms with Crippen molar-refractivity contribution in [1.82, 2.24) is 0 Å². The quantitative estimate of drug-likeness (QED) is 0.669. The van der Waals surface area contributed by atoms with Gasteiger partial charge in [-0.1, -0.05) is 6.07 Å². The number of rotatable bonds is 3. The van der Waals surface area contributed by atoms with Crippen LogP contribution in [0.3, 0.4) is 0 Å². The molecule has 0 unspecified atom stereocenters. The van der Waals surface area contributed by atoms with E-state index in [0.717, 1.165) is 25.6 Å². The Labute approximate surface area is 112 Å². The Morgan fingerprint density at radius 1 is 1.17 bits per heavy atom. The van der Waals surface area contributed by atoms with Crippen molar-refractivity contribution in [3.05, 3.63) is 51.5 Å². The summed E-state index contributed by atoms with van der Waals surface area (Å²) in [6, 6.07) is 11.6. The molecular formula is C14H10O2S2. The van der Waals surface area contributed by atoms with Gasteiger partial charge >= 0.3 is 0 Å². The predicted octanol–water partition coefficient (Wildman–Crippen LogP) is 4.20. The van der Waals surface area contributed by atoms with Crippen LogP contribution < -0.4 is 4.74 Å². The van der Waals surface area contributed by atoms with Gasteiger partial charge in [0.1, 0.15) is 5.75 Å². The van der Waals surface area contributed by atoms with Crippen LogP contribution in [0.5, 0.6) is 5.75 Å². The van der Waals surface area contributed by atoms with Gasteiger partial charge in [-0.15, -0.1) is 22.7 Å². The van der Waals surface area contributed by atoms with Crippen LogP contribution in [0.4, 0.5) is 0 Å². The van der Waals surface area contributed by atoms with E-state index >= 15 is 0 Å². The van der Waals surface area contributed by atoms with Crippen molar-refractivity contribution >= 4 is 38.5 Å². The highest BCUT2D eigenvalue weighted by Crippen LogP contribution is 2.30. The fraction of sp³-hybridized carbons (Fsp3) is 0.0714. The minimum atomic E-state index is 0.102. The lowest BCUT2D eigenvalue weighted by Gasteiger charge is -1.97. The van der Waals surface area contributed by atoms with E-state index in [1.807, 2.05) is 41.8 Å². The zero-order valence-corrected chi connectivity index (χ0v) is 11.3. The first-order valence-corrected chi connectivity index (χ1v) is 7.13. The van der Waals surface area contributed by atoms with Crippen molar-refractivity contribution in [2.75, 3.05) is 7.11 Å². The van der Waals surface area contributed by atoms with Gasteiger partial charge in [-0.3, -0.25) is 4.79 Å². The Kier molecular flexibility index (Phi) is 2.89. The summed E-state index contributed by atoms with van der Waals surface area (Å²) in [6.45, 7) is 0. The highest BCUT2D eigenvalue weighted by molar-refractivity contribution is 7.22. The molecule has 0 atom stereocenters. The van der Waals surface area contributed by atoms with E-state index in [1.54, 1.807) is 7.11 Å². The molecule has 90 valence electrons. The van der Waals surface area contributed by atoms with Gasteiger partial charge in [-0.05, 0) is 41.1 Å². The summed E-state index contributed by atoms with van der Waals surface area (Å²) in [7, 11) is 1.64. The molecule has 2 aromatic heterocycles. The van der Waals surface area contributed by atoms with Crippen LogP contribution in [-0.4, -0.2) is 12.9 Å². The number of methoxy groups -OCH3 is 1. The van der Waals surface area contributed by atoms with Crippen LogP contribution in [0.2, 0.25) is 0 Å². The standard InChI is InChI=1S/C14H10O2S2/c1-16-10-4-5-11-9(7-10)8-13(18-11)14(15)12-3-2-6-17-12/h2-8H,1H3. The molecule has 0 aliphatic carbocycles. The number of ether oxygens (including phenoxy) is 1. The van der Waals surface area contributed by atoms with E-state index in [-0.39, 0.29) is 5.78 Å². The third-order valence-electron chi connectivity index (χ3n) is 2.69. The molecule has 3 aromatic rings. The molecule has 0 saturated heterocycles. The average molecular weight is 274 g/mol. The van der Waals surface area contributed by atoms with Crippen molar-refractivity contribution in [2.45, 2.75) is 0 Å². The van der Waals surface area contributed by atoms with Crippen molar-refractivity contribution in [3.8, 4) is 5.75 Å². The van der Waals surface area contributed by atoms with Crippen LogP contribution in [0, 0.1) is 0 Å². The summed E-state index contributed by atoms with van der Waals surface area (Å²) < 4.78 is 6.29. The van der Waals surface area contributed by atoms with Crippen LogP contribution in [0.15, 0.2) is 41.8 Å². The molecule has 0 aliphatic heterocycles. The summed E-state index contributed by atoms with van der Waals surface area (Å²) >= 11 is 3.00. The zero-order chi connectivity index (χ0) is 12.5. The molecule has 0 saturated carbocycles. The van der Waals surface area contributed by atoms with Crippen LogP contribution >= 0.6 is 22.7 Å². The maximum Gasteiger partial charge on any atom is 0.212 e. The summed E-state index contributed by atoms with van der Waals surface area (Å²) in [5.41, 5.74) is 0. The van der Waals surface area contributed by atoms with Gasteiger partial charge in [0, 0.05) is 4.70 Å². The minimum absolute atomic E-state index is 0.102. The van der Waals surface area contributed by atoms with E-state index in [9.17, 15) is 4.79 Å². The normalized spacial score (nSPS) is 10.7. The van der Waals surface area contributed by atoms with Crippen LogP contribution in [-0.2, 0) is 0 Å². The van der Waals surface area contributed by atoms with E-state index in [4.69, 9.17) is 4.74 Å². The first kappa shape index (κ1) is 11.4. The third-order valence-corrected chi connectivity index (χ3v) is 4.68. The number of benzene rings is 1. The van der Waals surface area contributed by atoms with Crippen molar-refractivity contribution in [2.24, 2.45) is 0 Å². The van der Waals surface area contributed by atoms with Crippen LogP contribution in [0.1, 0.15) is 14.5 Å². The predicted molar refractivity (Wildman–Crippen MR) is 76.1 cm³/mol. The van der Waals surface area contributed by atoms with E-state index < -0.39 is 0 Å². The van der Waals surface area contributed by atoms with Crippen molar-refractivity contribution in [3.63, 3.8) is 0 Å². The Balaban J connectivity index is 2.06. The number of fused-ring (bicyclic) bond motifs is 1. The number of carbonyl (C=O) groups is 1. The molecule has 4 heteroatoms. The van der Waals surface area contributed by atoms with E-state index in [2.05, 4.69) is 0 Å². The molecule has 0 aliphatic rings. The molecular weight excluding hydrogens is 264 g/mol. The first-order chi connectivity index (χ1) is 8.78. The zero-order valence-electron chi connectivity index (χ0n) is 9.67. The van der Waals surface area contributed by atoms with Crippen molar-refractivity contribution < 1.29 is 9.53 Å². The van der Waals surface area contributed by atoms with Crippen molar-refractivity contribution in [1.29, 1.82) is 0 Å². The van der Waals surface area contributed by atoms with Gasteiger partial charge < -0.3 is 4.74 Å². The fourth-order valence-corrected chi connectivity index (χ4v) is 3.53. The SMILES string of the molecule is COc1ccc2sc(C(=O)c3cccs3)cc2c1. The summed E-state index contributed by atoms with van der Waals surface area (Å²) in [5, 5.41) is 2.98. The van der Waals surface area contributed by atoms with Gasteiger partial charge in [-0.25, -0.2) is 0 Å². The molecule has 2 heterocycles. The maximum atomic E-state index is 12.2. The highest BCUT2D eigenvalue weighted by atomic mass is 32.1. The Bertz CT molecular complexity index is 696. The summed E-state index contributed by atoms with van der Waals surface area (Å²) in [4.78, 5) is 13.8. The number of thiophene rings is 2. The second-order valence-corrected chi connectivity index (χ2v) is 5.85. The minimum Gasteiger partial charge on any atom is -0.497 e. The Morgan fingerprint density at radius 3 is 2.78 bits per heavy atom. The maximum absolute atomic E-state index is 12.2. The number of carbonyl (C=O) groups excluding carboxylic acids is 1. The van der Waals surface area contributed by atoms with Gasteiger partial charge in [0.15, 0.2) is 0 Å². The lowest BCUT2D eigenvalue weighted by Crippen LogP contribution is -1.93. The van der Waals surface area contributed by atoms with Crippen LogP contribution in [0.25, 0.3) is 10.1 Å². The second kappa shape index (κ2) is 4.55.